The Morgan fingerprint density at radius 1 is 1.53 bits per heavy atom. The maximum atomic E-state index is 12.0. The molecule has 0 spiro atoms. The summed E-state index contributed by atoms with van der Waals surface area (Å²) in [6.45, 7) is 4.09. The highest BCUT2D eigenvalue weighted by atomic mass is 79.9. The van der Waals surface area contributed by atoms with E-state index in [1.54, 1.807) is 23.4 Å². The van der Waals surface area contributed by atoms with Gasteiger partial charge in [-0.05, 0) is 29.3 Å². The van der Waals surface area contributed by atoms with Crippen molar-refractivity contribution in [3.63, 3.8) is 0 Å². The minimum atomic E-state index is -0.100. The molecule has 0 atom stereocenters. The van der Waals surface area contributed by atoms with Crippen LogP contribution in [-0.4, -0.2) is 31.8 Å². The highest BCUT2D eigenvalue weighted by Gasteiger charge is 2.15. The van der Waals surface area contributed by atoms with Crippen LogP contribution >= 0.6 is 15.9 Å². The molecule has 1 N–H and O–H groups in total. The van der Waals surface area contributed by atoms with Gasteiger partial charge in [0.2, 0.25) is 0 Å². The summed E-state index contributed by atoms with van der Waals surface area (Å²) in [4.78, 5) is 16.0. The molecule has 0 aliphatic heterocycles. The van der Waals surface area contributed by atoms with Gasteiger partial charge in [0.15, 0.2) is 0 Å². The molecule has 0 saturated heterocycles. The molecule has 2 rings (SSSR count). The number of rotatable bonds is 6. The SMILES string of the molecule is CCn1ncc(Br)c1C(=O)NCCCn1ccnc1. The predicted octanol–water partition coefficient (Wildman–Crippen LogP) is 1.68. The summed E-state index contributed by atoms with van der Waals surface area (Å²) < 4.78 is 4.38. The molecular weight excluding hydrogens is 310 g/mol. The fourth-order valence-corrected chi connectivity index (χ4v) is 2.27. The van der Waals surface area contributed by atoms with Gasteiger partial charge in [-0.1, -0.05) is 0 Å². The van der Waals surface area contributed by atoms with Crippen molar-refractivity contribution in [2.75, 3.05) is 6.54 Å². The minimum absolute atomic E-state index is 0.100. The lowest BCUT2D eigenvalue weighted by molar-refractivity contribution is 0.0941. The Morgan fingerprint density at radius 2 is 2.37 bits per heavy atom. The van der Waals surface area contributed by atoms with Gasteiger partial charge in [0.1, 0.15) is 5.69 Å². The number of nitrogens with one attached hydrogen (secondary N) is 1. The van der Waals surface area contributed by atoms with E-state index in [0.717, 1.165) is 17.4 Å². The highest BCUT2D eigenvalue weighted by Crippen LogP contribution is 2.15. The Labute approximate surface area is 120 Å². The van der Waals surface area contributed by atoms with Crippen molar-refractivity contribution in [2.45, 2.75) is 26.4 Å². The van der Waals surface area contributed by atoms with Crippen molar-refractivity contribution < 1.29 is 4.79 Å². The van der Waals surface area contributed by atoms with E-state index in [0.29, 0.717) is 18.8 Å². The van der Waals surface area contributed by atoms with E-state index >= 15 is 0 Å². The second kappa shape index (κ2) is 6.51. The number of carbonyl (C=O) groups excluding carboxylic acids is 1. The van der Waals surface area contributed by atoms with Crippen LogP contribution in [0.4, 0.5) is 0 Å². The molecule has 7 heteroatoms. The van der Waals surface area contributed by atoms with Crippen LogP contribution in [0, 0.1) is 0 Å². The first-order valence-electron chi connectivity index (χ1n) is 6.17. The molecule has 19 heavy (non-hydrogen) atoms. The lowest BCUT2D eigenvalue weighted by Crippen LogP contribution is -2.28. The number of aromatic nitrogens is 4. The lowest BCUT2D eigenvalue weighted by Gasteiger charge is -2.07. The minimum Gasteiger partial charge on any atom is -0.351 e. The third-order valence-corrected chi connectivity index (χ3v) is 3.33. The number of imidazole rings is 1. The molecule has 6 nitrogen and oxygen atoms in total. The van der Waals surface area contributed by atoms with Gasteiger partial charge in [0.25, 0.3) is 5.91 Å². The third-order valence-electron chi connectivity index (χ3n) is 2.75. The number of halogens is 1. The first-order valence-corrected chi connectivity index (χ1v) is 6.97. The summed E-state index contributed by atoms with van der Waals surface area (Å²) in [6, 6.07) is 0. The molecule has 1 amide bonds. The van der Waals surface area contributed by atoms with Gasteiger partial charge in [-0.25, -0.2) is 4.98 Å². The Hall–Kier alpha value is -1.63. The smallest absolute Gasteiger partial charge is 0.270 e. The van der Waals surface area contributed by atoms with Crippen molar-refractivity contribution in [1.29, 1.82) is 0 Å². The summed E-state index contributed by atoms with van der Waals surface area (Å²) in [7, 11) is 0. The quantitative estimate of drug-likeness (QED) is 0.822. The zero-order valence-electron chi connectivity index (χ0n) is 10.7. The van der Waals surface area contributed by atoms with E-state index in [1.165, 1.54) is 0 Å². The number of carbonyl (C=O) groups is 1. The number of aryl methyl sites for hydroxylation is 2. The second-order valence-electron chi connectivity index (χ2n) is 4.07. The predicted molar refractivity (Wildman–Crippen MR) is 74.8 cm³/mol. The summed E-state index contributed by atoms with van der Waals surface area (Å²) in [6.07, 6.45) is 7.93. The number of nitrogens with zero attached hydrogens (tertiary/aromatic N) is 4. The van der Waals surface area contributed by atoms with Gasteiger partial charge in [0.05, 0.1) is 17.0 Å². The van der Waals surface area contributed by atoms with Crippen LogP contribution in [0.25, 0.3) is 0 Å². The molecule has 2 aromatic rings. The molecular formula is C12H16BrN5O. The maximum absolute atomic E-state index is 12.0. The standard InChI is InChI=1S/C12H16BrN5O/c1-2-18-11(10(13)8-16-18)12(19)15-4-3-6-17-7-5-14-9-17/h5,7-9H,2-4,6H2,1H3,(H,15,19). The van der Waals surface area contributed by atoms with Crippen LogP contribution in [-0.2, 0) is 13.1 Å². The molecule has 0 aliphatic carbocycles. The van der Waals surface area contributed by atoms with Crippen LogP contribution in [0.15, 0.2) is 29.4 Å². The Morgan fingerprint density at radius 3 is 3.05 bits per heavy atom. The van der Waals surface area contributed by atoms with E-state index in [1.807, 2.05) is 17.7 Å². The van der Waals surface area contributed by atoms with E-state index in [4.69, 9.17) is 0 Å². The first kappa shape index (κ1) is 13.8. The maximum Gasteiger partial charge on any atom is 0.270 e. The number of hydrogen-bond donors (Lipinski definition) is 1. The van der Waals surface area contributed by atoms with Crippen molar-refractivity contribution >= 4 is 21.8 Å². The van der Waals surface area contributed by atoms with Crippen LogP contribution in [0.5, 0.6) is 0 Å². The summed E-state index contributed by atoms with van der Waals surface area (Å²) in [5.41, 5.74) is 0.574. The molecule has 0 bridgehead atoms. The third kappa shape index (κ3) is 3.44. The number of amides is 1. The summed E-state index contributed by atoms with van der Waals surface area (Å²) in [5.74, 6) is -0.100. The lowest BCUT2D eigenvalue weighted by atomic mass is 10.3. The average Bonchev–Trinajstić information content (AvgIpc) is 3.03. The molecule has 2 aromatic heterocycles. The fourth-order valence-electron chi connectivity index (χ4n) is 1.79. The van der Waals surface area contributed by atoms with Crippen LogP contribution < -0.4 is 5.32 Å². The van der Waals surface area contributed by atoms with Gasteiger partial charge in [-0.2, -0.15) is 5.10 Å². The second-order valence-corrected chi connectivity index (χ2v) is 4.92. The van der Waals surface area contributed by atoms with Crippen molar-refractivity contribution in [3.05, 3.63) is 35.1 Å². The topological polar surface area (TPSA) is 64.7 Å². The van der Waals surface area contributed by atoms with Gasteiger partial charge in [-0.15, -0.1) is 0 Å². The van der Waals surface area contributed by atoms with Gasteiger partial charge < -0.3 is 9.88 Å². The first-order chi connectivity index (χ1) is 9.22. The van der Waals surface area contributed by atoms with E-state index in [9.17, 15) is 4.79 Å². The molecule has 0 unspecified atom stereocenters. The molecule has 0 aliphatic rings. The largest absolute Gasteiger partial charge is 0.351 e. The Bertz CT molecular complexity index is 534. The van der Waals surface area contributed by atoms with Crippen LogP contribution in [0.3, 0.4) is 0 Å². The Kier molecular flexibility index (Phi) is 4.73. The molecule has 0 aromatic carbocycles. The van der Waals surface area contributed by atoms with Crippen molar-refractivity contribution in [3.8, 4) is 0 Å². The van der Waals surface area contributed by atoms with Crippen molar-refractivity contribution in [2.24, 2.45) is 0 Å². The number of hydrogen-bond acceptors (Lipinski definition) is 3. The van der Waals surface area contributed by atoms with Crippen LogP contribution in [0.2, 0.25) is 0 Å². The van der Waals surface area contributed by atoms with Gasteiger partial charge in [-0.3, -0.25) is 9.48 Å². The normalized spacial score (nSPS) is 10.6. The molecule has 102 valence electrons. The van der Waals surface area contributed by atoms with E-state index in [2.05, 4.69) is 31.3 Å². The zero-order chi connectivity index (χ0) is 13.7. The molecule has 2 heterocycles. The monoisotopic (exact) mass is 325 g/mol. The summed E-state index contributed by atoms with van der Waals surface area (Å²) >= 11 is 3.34. The van der Waals surface area contributed by atoms with Gasteiger partial charge in [0, 0.05) is 32.0 Å². The molecule has 0 saturated carbocycles. The molecule has 0 radical (unpaired) electrons. The zero-order valence-corrected chi connectivity index (χ0v) is 12.3. The highest BCUT2D eigenvalue weighted by molar-refractivity contribution is 9.10. The van der Waals surface area contributed by atoms with Crippen molar-refractivity contribution in [1.82, 2.24) is 24.6 Å². The van der Waals surface area contributed by atoms with Gasteiger partial charge >= 0.3 is 0 Å². The average molecular weight is 326 g/mol. The summed E-state index contributed by atoms with van der Waals surface area (Å²) in [5, 5.41) is 7.02. The van der Waals surface area contributed by atoms with E-state index in [-0.39, 0.29) is 5.91 Å². The fraction of sp³-hybridized carbons (Fsp3) is 0.417. The Balaban J connectivity index is 1.82. The molecule has 0 fully saturated rings. The van der Waals surface area contributed by atoms with Crippen LogP contribution in [0.1, 0.15) is 23.8 Å². The van der Waals surface area contributed by atoms with E-state index < -0.39 is 0 Å².